The molecule has 0 amide bonds. The van der Waals surface area contributed by atoms with E-state index in [9.17, 15) is 0 Å². The average molecular weight is 391 g/mol. The van der Waals surface area contributed by atoms with Crippen molar-refractivity contribution in [2.45, 2.75) is 42.3 Å². The highest BCUT2D eigenvalue weighted by atomic mass is 32.2. The van der Waals surface area contributed by atoms with Gasteiger partial charge in [-0.1, -0.05) is 93.1 Å². The summed E-state index contributed by atoms with van der Waals surface area (Å²) in [6, 6.07) is 22.3. The predicted molar refractivity (Wildman–Crippen MR) is 121 cm³/mol. The van der Waals surface area contributed by atoms with Crippen molar-refractivity contribution in [3.8, 4) is 0 Å². The Morgan fingerprint density at radius 1 is 0.852 bits per heavy atom. The van der Waals surface area contributed by atoms with E-state index in [-0.39, 0.29) is 9.49 Å². The lowest BCUT2D eigenvalue weighted by atomic mass is 9.84. The first-order valence-electron chi connectivity index (χ1n) is 9.82. The molecule has 2 heterocycles. The Morgan fingerprint density at radius 3 is 2.11 bits per heavy atom. The number of thioether (sulfide) groups is 2. The molecule has 0 aromatic heterocycles. The van der Waals surface area contributed by atoms with Gasteiger partial charge in [0, 0.05) is 16.4 Å². The van der Waals surface area contributed by atoms with Crippen molar-refractivity contribution in [3.63, 3.8) is 0 Å². The van der Waals surface area contributed by atoms with Crippen LogP contribution in [0.4, 0.5) is 0 Å². The molecule has 1 unspecified atom stereocenters. The lowest BCUT2D eigenvalue weighted by Crippen LogP contribution is -2.27. The topological polar surface area (TPSA) is 0 Å². The van der Waals surface area contributed by atoms with Gasteiger partial charge < -0.3 is 0 Å². The van der Waals surface area contributed by atoms with Gasteiger partial charge in [-0.2, -0.15) is 0 Å². The molecule has 1 fully saturated rings. The van der Waals surface area contributed by atoms with Crippen LogP contribution < -0.4 is 0 Å². The lowest BCUT2D eigenvalue weighted by Gasteiger charge is -2.39. The Bertz CT molecular complexity index is 933. The molecular formula is C25H26S2. The Kier molecular flexibility index (Phi) is 3.97. The van der Waals surface area contributed by atoms with Gasteiger partial charge in [-0.15, -0.1) is 23.5 Å². The molecule has 0 radical (unpaired) electrons. The van der Waals surface area contributed by atoms with Gasteiger partial charge in [-0.25, -0.2) is 0 Å². The molecule has 4 atom stereocenters. The van der Waals surface area contributed by atoms with E-state index in [1.54, 1.807) is 16.7 Å². The van der Waals surface area contributed by atoms with E-state index in [1.165, 1.54) is 11.1 Å². The molecule has 2 aromatic rings. The molecule has 0 spiro atoms. The zero-order valence-electron chi connectivity index (χ0n) is 16.4. The summed E-state index contributed by atoms with van der Waals surface area (Å²) in [4.78, 5) is 0. The van der Waals surface area contributed by atoms with Crippen LogP contribution in [0.2, 0.25) is 0 Å². The van der Waals surface area contributed by atoms with Crippen molar-refractivity contribution in [3.05, 3.63) is 89.0 Å². The number of hydrogen-bond acceptors (Lipinski definition) is 2. The van der Waals surface area contributed by atoms with Crippen molar-refractivity contribution < 1.29 is 0 Å². The predicted octanol–water partition coefficient (Wildman–Crippen LogP) is 7.15. The van der Waals surface area contributed by atoms with E-state index in [2.05, 4.69) is 118 Å². The highest BCUT2D eigenvalue weighted by Crippen LogP contribution is 2.73. The molecule has 5 rings (SSSR count). The van der Waals surface area contributed by atoms with Crippen molar-refractivity contribution in [2.75, 3.05) is 0 Å². The maximum Gasteiger partial charge on any atom is 0.108 e. The van der Waals surface area contributed by atoms with Crippen molar-refractivity contribution in [1.82, 2.24) is 0 Å². The summed E-state index contributed by atoms with van der Waals surface area (Å²) in [5.41, 5.74) is 7.84. The summed E-state index contributed by atoms with van der Waals surface area (Å²) in [5.74, 6) is 0.531. The summed E-state index contributed by atoms with van der Waals surface area (Å²) in [7, 11) is 0. The maximum absolute atomic E-state index is 2.62. The standard InChI is InChI=1S/C25H26S2/c1-16-21(17-11-7-5-8-12-17)19-15-20(24(2,3)4)23-22(19)26-25(16,27-23)18-13-9-6-10-14-18/h5-15,19,22-23H,1-4H3/t19-,22?,23-,25+/m1/s1. The van der Waals surface area contributed by atoms with Crippen molar-refractivity contribution >= 4 is 29.1 Å². The molecule has 0 N–H and O–H groups in total. The second-order valence-electron chi connectivity index (χ2n) is 8.91. The Labute approximate surface area is 171 Å². The largest absolute Gasteiger partial charge is 0.129 e. The van der Waals surface area contributed by atoms with Crippen molar-refractivity contribution in [2.24, 2.45) is 11.3 Å². The van der Waals surface area contributed by atoms with E-state index < -0.39 is 0 Å². The van der Waals surface area contributed by atoms with Crippen LogP contribution in [0.15, 0.2) is 77.9 Å². The third-order valence-electron chi connectivity index (χ3n) is 6.25. The van der Waals surface area contributed by atoms with Crippen LogP contribution >= 0.6 is 23.5 Å². The first-order chi connectivity index (χ1) is 12.9. The van der Waals surface area contributed by atoms with Gasteiger partial charge >= 0.3 is 0 Å². The Hall–Kier alpha value is -1.38. The Balaban J connectivity index is 1.76. The number of fused-ring (bicyclic) bond motifs is 1. The smallest absolute Gasteiger partial charge is 0.108 e. The first kappa shape index (κ1) is 17.7. The van der Waals surface area contributed by atoms with Crippen LogP contribution in [0.5, 0.6) is 0 Å². The molecule has 2 aliphatic heterocycles. The Morgan fingerprint density at radius 2 is 1.48 bits per heavy atom. The maximum atomic E-state index is 2.62. The summed E-state index contributed by atoms with van der Waals surface area (Å²) in [6.07, 6.45) is 2.62. The zero-order valence-corrected chi connectivity index (χ0v) is 18.0. The minimum atomic E-state index is 0.0447. The zero-order chi connectivity index (χ0) is 18.8. The highest BCUT2D eigenvalue weighted by molar-refractivity contribution is 8.21. The summed E-state index contributed by atoms with van der Waals surface area (Å²) >= 11 is 4.41. The van der Waals surface area contributed by atoms with Gasteiger partial charge in [0.05, 0.1) is 0 Å². The van der Waals surface area contributed by atoms with Crippen LogP contribution in [0, 0.1) is 11.3 Å². The molecule has 138 valence electrons. The highest BCUT2D eigenvalue weighted by Gasteiger charge is 2.60. The normalized spacial score (nSPS) is 32.0. The van der Waals surface area contributed by atoms with E-state index in [4.69, 9.17) is 0 Å². The number of hydrogen-bond donors (Lipinski definition) is 0. The van der Waals surface area contributed by atoms with Gasteiger partial charge in [-0.05, 0) is 34.6 Å². The molecule has 0 nitrogen and oxygen atoms in total. The lowest BCUT2D eigenvalue weighted by molar-refractivity contribution is 0.494. The molecule has 0 saturated carbocycles. The monoisotopic (exact) mass is 390 g/mol. The molecule has 1 aliphatic carbocycles. The molecule has 2 heteroatoms. The fourth-order valence-corrected chi connectivity index (χ4v) is 9.53. The van der Waals surface area contributed by atoms with E-state index in [0.29, 0.717) is 16.4 Å². The average Bonchev–Trinajstić information content (AvgIpc) is 3.18. The van der Waals surface area contributed by atoms with E-state index >= 15 is 0 Å². The first-order valence-corrected chi connectivity index (χ1v) is 11.6. The second-order valence-corrected chi connectivity index (χ2v) is 11.9. The third kappa shape index (κ3) is 2.53. The van der Waals surface area contributed by atoms with Gasteiger partial charge in [0.25, 0.3) is 0 Å². The molecule has 2 bridgehead atoms. The minimum Gasteiger partial charge on any atom is -0.129 e. The summed E-state index contributed by atoms with van der Waals surface area (Å²) < 4.78 is 0.0447. The quantitative estimate of drug-likeness (QED) is 0.500. The summed E-state index contributed by atoms with van der Waals surface area (Å²) in [5, 5.41) is 1.25. The number of benzene rings is 2. The van der Waals surface area contributed by atoms with Crippen molar-refractivity contribution in [1.29, 1.82) is 0 Å². The van der Waals surface area contributed by atoms with Crippen LogP contribution in [0.3, 0.4) is 0 Å². The molecular weight excluding hydrogens is 364 g/mol. The summed E-state index contributed by atoms with van der Waals surface area (Å²) in [6.45, 7) is 9.53. The number of allylic oxidation sites excluding steroid dienone is 2. The SMILES string of the molecule is CC1=C(c2ccccc2)[C@H]2C=C(C(C)(C)C)[C@H]3S[C@@]1(c1ccccc1)SC23. The van der Waals surface area contributed by atoms with E-state index in [0.717, 1.165) is 0 Å². The van der Waals surface area contributed by atoms with Gasteiger partial charge in [0.1, 0.15) is 4.08 Å². The molecule has 1 saturated heterocycles. The van der Waals surface area contributed by atoms with Gasteiger partial charge in [-0.3, -0.25) is 0 Å². The second kappa shape index (κ2) is 6.06. The van der Waals surface area contributed by atoms with Crippen LogP contribution in [0.1, 0.15) is 38.8 Å². The van der Waals surface area contributed by atoms with Crippen LogP contribution in [-0.2, 0) is 4.08 Å². The minimum absolute atomic E-state index is 0.0447. The van der Waals surface area contributed by atoms with Crippen LogP contribution in [-0.4, -0.2) is 10.5 Å². The molecule has 3 aliphatic rings. The molecule has 27 heavy (non-hydrogen) atoms. The van der Waals surface area contributed by atoms with E-state index in [1.807, 2.05) is 0 Å². The number of rotatable bonds is 2. The fraction of sp³-hybridized carbons (Fsp3) is 0.360. The van der Waals surface area contributed by atoms with Crippen LogP contribution in [0.25, 0.3) is 5.57 Å². The fourth-order valence-electron chi connectivity index (χ4n) is 4.98. The van der Waals surface area contributed by atoms with Gasteiger partial charge in [0.2, 0.25) is 0 Å². The molecule has 2 aromatic carbocycles. The third-order valence-corrected chi connectivity index (χ3v) is 10.4. The van der Waals surface area contributed by atoms with Gasteiger partial charge in [0.15, 0.2) is 0 Å².